The quantitative estimate of drug-likeness (QED) is 0.840. The molecule has 1 aliphatic heterocycles. The van der Waals surface area contributed by atoms with Crippen LogP contribution >= 0.6 is 35.3 Å². The topological polar surface area (TPSA) is 77.2 Å². The zero-order chi connectivity index (χ0) is 16.2. The van der Waals surface area contributed by atoms with Gasteiger partial charge in [-0.3, -0.25) is 4.79 Å². The van der Waals surface area contributed by atoms with Gasteiger partial charge in [-0.1, -0.05) is 29.8 Å². The largest absolute Gasteiger partial charge is 0.381 e. The van der Waals surface area contributed by atoms with Gasteiger partial charge in [0.2, 0.25) is 5.91 Å². The smallest absolute Gasteiger partial charge is 0.243 e. The lowest BCUT2D eigenvalue weighted by atomic mass is 9.92. The van der Waals surface area contributed by atoms with E-state index in [1.165, 1.54) is 11.3 Å². The van der Waals surface area contributed by atoms with Crippen LogP contribution in [0.4, 0.5) is 5.13 Å². The number of hydrogen-bond acceptors (Lipinski definition) is 5. The highest BCUT2D eigenvalue weighted by atomic mass is 35.5. The van der Waals surface area contributed by atoms with E-state index in [1.807, 2.05) is 29.6 Å². The molecule has 0 saturated carbocycles. The van der Waals surface area contributed by atoms with Gasteiger partial charge < -0.3 is 15.8 Å². The molecule has 2 heterocycles. The van der Waals surface area contributed by atoms with Crippen LogP contribution in [0.15, 0.2) is 29.6 Å². The number of anilines is 1. The van der Waals surface area contributed by atoms with Gasteiger partial charge >= 0.3 is 0 Å². The van der Waals surface area contributed by atoms with Crippen LogP contribution in [0.25, 0.3) is 11.3 Å². The lowest BCUT2D eigenvalue weighted by Crippen LogP contribution is -2.43. The molecule has 1 aromatic carbocycles. The molecule has 0 radical (unpaired) electrons. The Balaban J connectivity index is 0.00000208. The summed E-state index contributed by atoms with van der Waals surface area (Å²) >= 11 is 7.53. The Kier molecular flexibility index (Phi) is 7.01. The van der Waals surface area contributed by atoms with Gasteiger partial charge in [-0.2, -0.15) is 0 Å². The number of ether oxygens (including phenoxy) is 1. The Bertz CT molecular complexity index is 689. The van der Waals surface area contributed by atoms with Gasteiger partial charge in [-0.25, -0.2) is 4.98 Å². The number of halogens is 2. The van der Waals surface area contributed by atoms with Crippen molar-refractivity contribution in [2.24, 2.45) is 11.7 Å². The molecule has 5 nitrogen and oxygen atoms in total. The summed E-state index contributed by atoms with van der Waals surface area (Å²) in [6.45, 7) is 1.33. The molecule has 3 N–H and O–H groups in total. The van der Waals surface area contributed by atoms with Gasteiger partial charge in [0, 0.05) is 29.2 Å². The average molecular weight is 388 g/mol. The van der Waals surface area contributed by atoms with E-state index in [-0.39, 0.29) is 24.2 Å². The molecule has 1 aromatic heterocycles. The predicted octanol–water partition coefficient (Wildman–Crippen LogP) is 3.58. The number of carbonyl (C=O) groups excluding carboxylic acids is 1. The molecule has 1 amide bonds. The van der Waals surface area contributed by atoms with Crippen molar-refractivity contribution in [3.8, 4) is 11.3 Å². The molecular formula is C16H19Cl2N3O2S. The maximum Gasteiger partial charge on any atom is 0.243 e. The number of rotatable bonds is 4. The van der Waals surface area contributed by atoms with Crippen molar-refractivity contribution in [1.82, 2.24) is 4.98 Å². The predicted molar refractivity (Wildman–Crippen MR) is 100.0 cm³/mol. The molecule has 1 aliphatic rings. The minimum Gasteiger partial charge on any atom is -0.381 e. The van der Waals surface area contributed by atoms with Crippen LogP contribution in [0.5, 0.6) is 0 Å². The zero-order valence-electron chi connectivity index (χ0n) is 12.9. The van der Waals surface area contributed by atoms with E-state index < -0.39 is 6.04 Å². The van der Waals surface area contributed by atoms with E-state index in [4.69, 9.17) is 22.1 Å². The van der Waals surface area contributed by atoms with Gasteiger partial charge in [0.15, 0.2) is 5.13 Å². The highest BCUT2D eigenvalue weighted by Crippen LogP contribution is 2.30. The number of hydrogen-bond donors (Lipinski definition) is 2. The van der Waals surface area contributed by atoms with Crippen molar-refractivity contribution in [3.63, 3.8) is 0 Å². The van der Waals surface area contributed by atoms with Crippen LogP contribution in [0, 0.1) is 5.92 Å². The second-order valence-electron chi connectivity index (χ2n) is 5.48. The summed E-state index contributed by atoms with van der Waals surface area (Å²) in [6, 6.07) is 6.95. The number of benzene rings is 1. The number of nitrogens with one attached hydrogen (secondary N) is 1. The molecule has 130 valence electrons. The minimum atomic E-state index is -0.536. The average Bonchev–Trinajstić information content (AvgIpc) is 3.03. The van der Waals surface area contributed by atoms with Crippen LogP contribution in [-0.4, -0.2) is 30.1 Å². The van der Waals surface area contributed by atoms with Crippen LogP contribution < -0.4 is 11.1 Å². The molecule has 0 bridgehead atoms. The second-order valence-corrected chi connectivity index (χ2v) is 6.75. The van der Waals surface area contributed by atoms with Gasteiger partial charge in [0.05, 0.1) is 11.7 Å². The van der Waals surface area contributed by atoms with E-state index in [1.54, 1.807) is 0 Å². The van der Waals surface area contributed by atoms with E-state index in [0.717, 1.165) is 24.1 Å². The number of carbonyl (C=O) groups is 1. The monoisotopic (exact) mass is 387 g/mol. The summed E-state index contributed by atoms with van der Waals surface area (Å²) in [5.74, 6) is -0.0382. The standard InChI is InChI=1S/C16H18ClN3O2S.ClH/c17-12-4-2-1-3-11(12)13-9-23-16(19-13)20-15(21)14(18)10-5-7-22-8-6-10;/h1-4,9-10,14H,5-8,18H2,(H,19,20,21);1H. The fourth-order valence-electron chi connectivity index (χ4n) is 2.60. The van der Waals surface area contributed by atoms with E-state index in [9.17, 15) is 4.79 Å². The lowest BCUT2D eigenvalue weighted by Gasteiger charge is -2.26. The van der Waals surface area contributed by atoms with Crippen LogP contribution in [0.2, 0.25) is 5.02 Å². The summed E-state index contributed by atoms with van der Waals surface area (Å²) in [7, 11) is 0. The first kappa shape index (κ1) is 19.1. The zero-order valence-corrected chi connectivity index (χ0v) is 15.3. The van der Waals surface area contributed by atoms with E-state index in [0.29, 0.717) is 23.4 Å². The summed E-state index contributed by atoms with van der Waals surface area (Å²) < 4.78 is 5.30. The Morgan fingerprint density at radius 3 is 2.79 bits per heavy atom. The third-order valence-electron chi connectivity index (χ3n) is 3.96. The Labute approximate surface area is 156 Å². The first-order valence-corrected chi connectivity index (χ1v) is 8.75. The summed E-state index contributed by atoms with van der Waals surface area (Å²) in [5.41, 5.74) is 7.66. The van der Waals surface area contributed by atoms with E-state index in [2.05, 4.69) is 10.3 Å². The van der Waals surface area contributed by atoms with Crippen molar-refractivity contribution in [1.29, 1.82) is 0 Å². The fourth-order valence-corrected chi connectivity index (χ4v) is 3.55. The number of amides is 1. The third kappa shape index (κ3) is 4.46. The Morgan fingerprint density at radius 2 is 2.08 bits per heavy atom. The molecule has 2 aromatic rings. The summed E-state index contributed by atoms with van der Waals surface area (Å²) in [6.07, 6.45) is 1.63. The molecule has 1 saturated heterocycles. The highest BCUT2D eigenvalue weighted by molar-refractivity contribution is 7.14. The maximum atomic E-state index is 12.3. The van der Waals surface area contributed by atoms with Crippen LogP contribution in [0.3, 0.4) is 0 Å². The molecule has 3 rings (SSSR count). The second kappa shape index (κ2) is 8.78. The van der Waals surface area contributed by atoms with Crippen molar-refractivity contribution in [2.75, 3.05) is 18.5 Å². The molecule has 1 fully saturated rings. The molecule has 1 unspecified atom stereocenters. The van der Waals surface area contributed by atoms with Crippen molar-refractivity contribution >= 4 is 46.4 Å². The molecular weight excluding hydrogens is 369 g/mol. The van der Waals surface area contributed by atoms with E-state index >= 15 is 0 Å². The highest BCUT2D eigenvalue weighted by Gasteiger charge is 2.27. The summed E-state index contributed by atoms with van der Waals surface area (Å²) in [4.78, 5) is 16.7. The molecule has 0 spiro atoms. The first-order valence-electron chi connectivity index (χ1n) is 7.50. The van der Waals surface area contributed by atoms with Gasteiger partial charge in [0.1, 0.15) is 0 Å². The van der Waals surface area contributed by atoms with Gasteiger partial charge in [-0.15, -0.1) is 23.7 Å². The Hall–Kier alpha value is -1.18. The number of thiazole rings is 1. The van der Waals surface area contributed by atoms with Crippen molar-refractivity contribution in [2.45, 2.75) is 18.9 Å². The molecule has 1 atom stereocenters. The van der Waals surface area contributed by atoms with Gasteiger partial charge in [-0.05, 0) is 24.8 Å². The van der Waals surface area contributed by atoms with Gasteiger partial charge in [0.25, 0.3) is 0 Å². The number of aromatic nitrogens is 1. The number of nitrogens with two attached hydrogens (primary N) is 1. The molecule has 0 aliphatic carbocycles. The fraction of sp³-hybridized carbons (Fsp3) is 0.375. The molecule has 24 heavy (non-hydrogen) atoms. The van der Waals surface area contributed by atoms with Crippen molar-refractivity contribution in [3.05, 3.63) is 34.7 Å². The van der Waals surface area contributed by atoms with Crippen LogP contribution in [-0.2, 0) is 9.53 Å². The van der Waals surface area contributed by atoms with Crippen LogP contribution in [0.1, 0.15) is 12.8 Å². The Morgan fingerprint density at radius 1 is 1.38 bits per heavy atom. The lowest BCUT2D eigenvalue weighted by molar-refractivity contribution is -0.119. The maximum absolute atomic E-state index is 12.3. The normalized spacial score (nSPS) is 16.2. The summed E-state index contributed by atoms with van der Waals surface area (Å²) in [5, 5.41) is 5.85. The number of nitrogens with zero attached hydrogens (tertiary/aromatic N) is 1. The SMILES string of the molecule is Cl.NC(C(=O)Nc1nc(-c2ccccc2Cl)cs1)C1CCOCC1. The van der Waals surface area contributed by atoms with Crippen molar-refractivity contribution < 1.29 is 9.53 Å². The third-order valence-corrected chi connectivity index (χ3v) is 5.05. The first-order chi connectivity index (χ1) is 11.1. The minimum absolute atomic E-state index is 0. The molecule has 8 heteroatoms.